The molecule has 1 amide bonds. The van der Waals surface area contributed by atoms with Gasteiger partial charge in [-0.2, -0.15) is 5.26 Å². The number of amides is 1. The van der Waals surface area contributed by atoms with Gasteiger partial charge in [0.15, 0.2) is 11.0 Å². The average molecular weight is 361 g/mol. The van der Waals surface area contributed by atoms with Gasteiger partial charge in [0.2, 0.25) is 5.91 Å². The van der Waals surface area contributed by atoms with Gasteiger partial charge in [0, 0.05) is 7.05 Å². The Labute approximate surface area is 149 Å². The molecule has 1 N–H and O–H groups in total. The number of thioether (sulfide) groups is 1. The van der Waals surface area contributed by atoms with Crippen molar-refractivity contribution in [2.75, 3.05) is 5.75 Å². The number of aromatic nitrogens is 3. The molecule has 0 radical (unpaired) electrons. The van der Waals surface area contributed by atoms with E-state index in [4.69, 9.17) is 0 Å². The third-order valence-corrected chi connectivity index (χ3v) is 6.09. The zero-order valence-corrected chi connectivity index (χ0v) is 15.1. The lowest BCUT2D eigenvalue weighted by Gasteiger charge is -2.31. The monoisotopic (exact) mass is 361 g/mol. The van der Waals surface area contributed by atoms with Crippen LogP contribution in [0.25, 0.3) is 10.7 Å². The minimum absolute atomic E-state index is 0.121. The molecule has 24 heavy (non-hydrogen) atoms. The zero-order valence-electron chi connectivity index (χ0n) is 13.5. The Kier molecular flexibility index (Phi) is 5.21. The van der Waals surface area contributed by atoms with Crippen molar-refractivity contribution in [1.82, 2.24) is 20.1 Å². The van der Waals surface area contributed by atoms with Crippen molar-refractivity contribution in [3.05, 3.63) is 17.5 Å². The molecule has 2 heterocycles. The molecule has 1 fully saturated rings. The summed E-state index contributed by atoms with van der Waals surface area (Å²) in [5, 5.41) is 23.4. The lowest BCUT2D eigenvalue weighted by Crippen LogP contribution is -2.49. The Morgan fingerprint density at radius 3 is 2.92 bits per heavy atom. The Balaban J connectivity index is 1.60. The fraction of sp³-hybridized carbons (Fsp3) is 0.500. The standard InChI is InChI=1S/C16H19N5OS2/c1-21-14(12-6-5-9-23-12)19-20-15(21)24-10-13(22)18-16(11-17)7-3-2-4-8-16/h5-6,9H,2-4,7-8,10H2,1H3,(H,18,22). The predicted molar refractivity (Wildman–Crippen MR) is 94.6 cm³/mol. The van der Waals surface area contributed by atoms with Crippen LogP contribution in [0.15, 0.2) is 22.7 Å². The normalized spacial score (nSPS) is 16.5. The van der Waals surface area contributed by atoms with Crippen LogP contribution in [0.5, 0.6) is 0 Å². The lowest BCUT2D eigenvalue weighted by atomic mass is 9.83. The van der Waals surface area contributed by atoms with Crippen LogP contribution in [0.4, 0.5) is 0 Å². The van der Waals surface area contributed by atoms with Gasteiger partial charge in [-0.05, 0) is 24.3 Å². The molecule has 2 aromatic rings. The molecular weight excluding hydrogens is 342 g/mol. The van der Waals surface area contributed by atoms with Gasteiger partial charge in [0.1, 0.15) is 5.54 Å². The summed E-state index contributed by atoms with van der Waals surface area (Å²) in [6.45, 7) is 0. The van der Waals surface area contributed by atoms with E-state index in [0.717, 1.165) is 42.8 Å². The highest BCUT2D eigenvalue weighted by Gasteiger charge is 2.33. The summed E-state index contributed by atoms with van der Waals surface area (Å²) in [6.07, 6.45) is 4.61. The van der Waals surface area contributed by atoms with E-state index in [9.17, 15) is 10.1 Å². The summed E-state index contributed by atoms with van der Waals surface area (Å²) in [5.41, 5.74) is -0.683. The van der Waals surface area contributed by atoms with Crippen LogP contribution in [-0.4, -0.2) is 32.0 Å². The van der Waals surface area contributed by atoms with Gasteiger partial charge in [-0.15, -0.1) is 21.5 Å². The first-order valence-electron chi connectivity index (χ1n) is 7.92. The second-order valence-corrected chi connectivity index (χ2v) is 7.82. The van der Waals surface area contributed by atoms with E-state index in [2.05, 4.69) is 21.6 Å². The predicted octanol–water partition coefficient (Wildman–Crippen LogP) is 2.98. The SMILES string of the molecule is Cn1c(SCC(=O)NC2(C#N)CCCCC2)nnc1-c1cccs1. The van der Waals surface area contributed by atoms with Crippen LogP contribution in [0.2, 0.25) is 0 Å². The summed E-state index contributed by atoms with van der Waals surface area (Å²) >= 11 is 2.95. The van der Waals surface area contributed by atoms with E-state index in [1.54, 1.807) is 11.3 Å². The second kappa shape index (κ2) is 7.36. The fourth-order valence-corrected chi connectivity index (χ4v) is 4.37. The average Bonchev–Trinajstić information content (AvgIpc) is 3.23. The molecule has 0 spiro atoms. The molecule has 0 bridgehead atoms. The fourth-order valence-electron chi connectivity index (χ4n) is 2.91. The first-order valence-corrected chi connectivity index (χ1v) is 9.78. The Bertz CT molecular complexity index is 741. The maximum absolute atomic E-state index is 12.3. The van der Waals surface area contributed by atoms with Crippen LogP contribution >= 0.6 is 23.1 Å². The largest absolute Gasteiger partial charge is 0.337 e. The second-order valence-electron chi connectivity index (χ2n) is 5.93. The van der Waals surface area contributed by atoms with Crippen LogP contribution in [0.3, 0.4) is 0 Å². The highest BCUT2D eigenvalue weighted by Crippen LogP contribution is 2.28. The molecule has 1 aliphatic rings. The number of hydrogen-bond acceptors (Lipinski definition) is 6. The first kappa shape index (κ1) is 17.0. The molecule has 6 nitrogen and oxygen atoms in total. The van der Waals surface area contributed by atoms with Gasteiger partial charge in [-0.1, -0.05) is 37.1 Å². The molecule has 1 aliphatic carbocycles. The van der Waals surface area contributed by atoms with Gasteiger partial charge in [0.05, 0.1) is 16.7 Å². The number of rotatable bonds is 5. The van der Waals surface area contributed by atoms with Gasteiger partial charge in [-0.3, -0.25) is 4.79 Å². The quantitative estimate of drug-likeness (QED) is 0.828. The number of nitriles is 1. The minimum atomic E-state index is -0.683. The lowest BCUT2D eigenvalue weighted by molar-refractivity contribution is -0.120. The van der Waals surface area contributed by atoms with Crippen LogP contribution in [0.1, 0.15) is 32.1 Å². The third-order valence-electron chi connectivity index (χ3n) is 4.21. The third kappa shape index (κ3) is 3.62. The summed E-state index contributed by atoms with van der Waals surface area (Å²) in [7, 11) is 1.90. The molecule has 1 saturated carbocycles. The highest BCUT2D eigenvalue weighted by atomic mass is 32.2. The molecule has 0 atom stereocenters. The molecule has 0 saturated heterocycles. The van der Waals surface area contributed by atoms with E-state index in [1.165, 1.54) is 11.8 Å². The van der Waals surface area contributed by atoms with Crippen LogP contribution < -0.4 is 5.32 Å². The van der Waals surface area contributed by atoms with Gasteiger partial charge in [-0.25, -0.2) is 0 Å². The molecule has 0 aliphatic heterocycles. The van der Waals surface area contributed by atoms with Gasteiger partial charge in [0.25, 0.3) is 0 Å². The Morgan fingerprint density at radius 1 is 1.46 bits per heavy atom. The summed E-state index contributed by atoms with van der Waals surface area (Å²) in [4.78, 5) is 13.3. The maximum Gasteiger partial charge on any atom is 0.231 e. The first-order chi connectivity index (χ1) is 11.6. The molecule has 0 aromatic carbocycles. The van der Waals surface area contributed by atoms with E-state index < -0.39 is 5.54 Å². The zero-order chi connectivity index (χ0) is 17.0. The topological polar surface area (TPSA) is 83.6 Å². The summed E-state index contributed by atoms with van der Waals surface area (Å²) < 4.78 is 1.89. The van der Waals surface area contributed by atoms with Crippen molar-refractivity contribution < 1.29 is 4.79 Å². The molecular formula is C16H19N5OS2. The van der Waals surface area contributed by atoms with Crippen molar-refractivity contribution >= 4 is 29.0 Å². The van der Waals surface area contributed by atoms with Crippen LogP contribution in [-0.2, 0) is 11.8 Å². The summed E-state index contributed by atoms with van der Waals surface area (Å²) in [5.74, 6) is 0.914. The molecule has 8 heteroatoms. The van der Waals surface area contributed by atoms with E-state index >= 15 is 0 Å². The number of carbonyl (C=O) groups excluding carboxylic acids is 1. The van der Waals surface area contributed by atoms with E-state index in [0.29, 0.717) is 5.16 Å². The van der Waals surface area contributed by atoms with Crippen LogP contribution in [0, 0.1) is 11.3 Å². The number of carbonyl (C=O) groups is 1. The minimum Gasteiger partial charge on any atom is -0.337 e. The molecule has 0 unspecified atom stereocenters. The van der Waals surface area contributed by atoms with Crippen molar-refractivity contribution in [3.63, 3.8) is 0 Å². The van der Waals surface area contributed by atoms with Crippen molar-refractivity contribution in [2.45, 2.75) is 42.8 Å². The molecule has 126 valence electrons. The van der Waals surface area contributed by atoms with Gasteiger partial charge < -0.3 is 9.88 Å². The maximum atomic E-state index is 12.3. The number of hydrogen-bond donors (Lipinski definition) is 1. The number of thiophene rings is 1. The summed E-state index contributed by atoms with van der Waals surface area (Å²) in [6, 6.07) is 6.28. The Morgan fingerprint density at radius 2 is 2.25 bits per heavy atom. The van der Waals surface area contributed by atoms with E-state index in [1.807, 2.05) is 29.1 Å². The van der Waals surface area contributed by atoms with Crippen molar-refractivity contribution in [1.29, 1.82) is 5.26 Å². The Hall–Kier alpha value is -1.85. The number of nitrogens with one attached hydrogen (secondary N) is 1. The number of nitrogens with zero attached hydrogens (tertiary/aromatic N) is 4. The van der Waals surface area contributed by atoms with Crippen molar-refractivity contribution in [2.24, 2.45) is 7.05 Å². The highest BCUT2D eigenvalue weighted by molar-refractivity contribution is 7.99. The van der Waals surface area contributed by atoms with Crippen molar-refractivity contribution in [3.8, 4) is 16.8 Å². The molecule has 3 rings (SSSR count). The smallest absolute Gasteiger partial charge is 0.231 e. The van der Waals surface area contributed by atoms with E-state index in [-0.39, 0.29) is 11.7 Å². The van der Waals surface area contributed by atoms with Gasteiger partial charge >= 0.3 is 0 Å². The molecule has 2 aromatic heterocycles.